The predicted octanol–water partition coefficient (Wildman–Crippen LogP) is 1.17. The Hall–Kier alpha value is -0.860. The molecule has 1 fully saturated rings. The zero-order chi connectivity index (χ0) is 16.3. The monoisotopic (exact) mass is 381 g/mol. The zero-order valence-corrected chi connectivity index (χ0v) is 15.3. The predicted molar refractivity (Wildman–Crippen MR) is 93.5 cm³/mol. The molecule has 2 rings (SSSR count). The molecule has 1 aromatic carbocycles. The number of carbonyl (C=O) groups is 1. The number of hydrogen-bond acceptors (Lipinski definition) is 4. The van der Waals surface area contributed by atoms with Gasteiger partial charge in [0.1, 0.15) is 0 Å². The number of nitrogens with one attached hydrogen (secondary N) is 2. The molecule has 23 heavy (non-hydrogen) atoms. The summed E-state index contributed by atoms with van der Waals surface area (Å²) in [6, 6.07) is 6.36. The topological polar surface area (TPSA) is 78.5 Å². The van der Waals surface area contributed by atoms with Gasteiger partial charge in [-0.3, -0.25) is 4.79 Å². The normalized spacial score (nSPS) is 19.8. The fourth-order valence-corrected chi connectivity index (χ4v) is 3.62. The Morgan fingerprint density at radius 1 is 1.43 bits per heavy atom. The summed E-state index contributed by atoms with van der Waals surface area (Å²) >= 11 is 6.24. The molecule has 1 aliphatic rings. The van der Waals surface area contributed by atoms with E-state index in [0.717, 1.165) is 11.8 Å². The van der Waals surface area contributed by atoms with Crippen LogP contribution in [0.2, 0.25) is 5.02 Å². The number of nitrogens with zero attached hydrogens (tertiary/aromatic N) is 1. The number of sulfonamides is 1. The minimum absolute atomic E-state index is 0. The highest BCUT2D eigenvalue weighted by molar-refractivity contribution is 7.88. The van der Waals surface area contributed by atoms with Crippen LogP contribution >= 0.6 is 24.0 Å². The average molecular weight is 382 g/mol. The van der Waals surface area contributed by atoms with Gasteiger partial charge >= 0.3 is 0 Å². The number of hydrogen-bond donors (Lipinski definition) is 2. The number of piperazine rings is 1. The van der Waals surface area contributed by atoms with Crippen molar-refractivity contribution in [2.24, 2.45) is 0 Å². The lowest BCUT2D eigenvalue weighted by Crippen LogP contribution is -2.54. The van der Waals surface area contributed by atoms with E-state index in [9.17, 15) is 13.2 Å². The van der Waals surface area contributed by atoms with Crippen LogP contribution in [0.1, 0.15) is 18.5 Å². The lowest BCUT2D eigenvalue weighted by molar-refractivity contribution is -0.136. The van der Waals surface area contributed by atoms with Crippen molar-refractivity contribution < 1.29 is 13.2 Å². The molecule has 1 aromatic rings. The van der Waals surface area contributed by atoms with Crippen LogP contribution in [0.4, 0.5) is 0 Å². The van der Waals surface area contributed by atoms with Gasteiger partial charge in [-0.2, -0.15) is 0 Å². The fraction of sp³-hybridized carbons (Fsp3) is 0.500. The van der Waals surface area contributed by atoms with E-state index >= 15 is 0 Å². The van der Waals surface area contributed by atoms with E-state index in [0.29, 0.717) is 24.7 Å². The van der Waals surface area contributed by atoms with Crippen molar-refractivity contribution in [3.05, 3.63) is 34.9 Å². The Kier molecular flexibility index (Phi) is 7.29. The summed E-state index contributed by atoms with van der Waals surface area (Å²) in [6.07, 6.45) is 1.04. The van der Waals surface area contributed by atoms with E-state index < -0.39 is 16.1 Å². The lowest BCUT2D eigenvalue weighted by Gasteiger charge is -2.38. The lowest BCUT2D eigenvalue weighted by atomic mass is 10.0. The van der Waals surface area contributed by atoms with Gasteiger partial charge in [-0.1, -0.05) is 29.8 Å². The van der Waals surface area contributed by atoms with Crippen molar-refractivity contribution >= 4 is 39.9 Å². The first-order valence-electron chi connectivity index (χ1n) is 7.02. The molecule has 1 aliphatic heterocycles. The maximum absolute atomic E-state index is 12.6. The van der Waals surface area contributed by atoms with E-state index in [1.807, 2.05) is 18.2 Å². The van der Waals surface area contributed by atoms with Crippen LogP contribution in [-0.2, 0) is 14.8 Å². The van der Waals surface area contributed by atoms with Crippen molar-refractivity contribution in [2.45, 2.75) is 19.0 Å². The Balaban J connectivity index is 0.00000264. The molecule has 9 heteroatoms. The molecular formula is C14H21Cl2N3O3S. The quantitative estimate of drug-likeness (QED) is 0.820. The van der Waals surface area contributed by atoms with Crippen molar-refractivity contribution in [1.82, 2.24) is 14.9 Å². The van der Waals surface area contributed by atoms with Gasteiger partial charge in [-0.15, -0.1) is 12.4 Å². The largest absolute Gasteiger partial charge is 0.332 e. The molecule has 130 valence electrons. The maximum Gasteiger partial charge on any atom is 0.241 e. The summed E-state index contributed by atoms with van der Waals surface area (Å²) in [6.45, 7) is 3.30. The van der Waals surface area contributed by atoms with E-state index in [1.54, 1.807) is 17.9 Å². The summed E-state index contributed by atoms with van der Waals surface area (Å²) in [7, 11) is -3.44. The highest BCUT2D eigenvalue weighted by Crippen LogP contribution is 2.28. The molecule has 0 bridgehead atoms. The van der Waals surface area contributed by atoms with E-state index in [2.05, 4.69) is 10.0 Å². The van der Waals surface area contributed by atoms with Crippen LogP contribution in [0.15, 0.2) is 24.3 Å². The van der Waals surface area contributed by atoms with E-state index in [1.165, 1.54) is 0 Å². The summed E-state index contributed by atoms with van der Waals surface area (Å²) < 4.78 is 25.0. The Labute approximate surface area is 148 Å². The molecule has 1 saturated heterocycles. The Morgan fingerprint density at radius 2 is 2.09 bits per heavy atom. The van der Waals surface area contributed by atoms with Crippen LogP contribution in [0.25, 0.3) is 0 Å². The third-order valence-corrected chi connectivity index (χ3v) is 4.68. The molecule has 1 heterocycles. The molecule has 0 spiro atoms. The minimum Gasteiger partial charge on any atom is -0.332 e. The molecule has 0 aromatic heterocycles. The second-order valence-corrected chi connectivity index (χ2v) is 7.57. The highest BCUT2D eigenvalue weighted by Gasteiger charge is 2.32. The molecule has 1 amide bonds. The van der Waals surface area contributed by atoms with Crippen molar-refractivity contribution in [1.29, 1.82) is 0 Å². The van der Waals surface area contributed by atoms with E-state index in [4.69, 9.17) is 11.6 Å². The van der Waals surface area contributed by atoms with Gasteiger partial charge in [0.25, 0.3) is 0 Å². The highest BCUT2D eigenvalue weighted by atomic mass is 35.5. The van der Waals surface area contributed by atoms with Gasteiger partial charge in [0.15, 0.2) is 0 Å². The maximum atomic E-state index is 12.6. The second-order valence-electron chi connectivity index (χ2n) is 5.38. The molecular weight excluding hydrogens is 361 g/mol. The van der Waals surface area contributed by atoms with Crippen molar-refractivity contribution in [2.75, 3.05) is 25.9 Å². The molecule has 6 nitrogen and oxygen atoms in total. The number of rotatable bonds is 4. The van der Waals surface area contributed by atoms with Crippen molar-refractivity contribution in [3.63, 3.8) is 0 Å². The first-order chi connectivity index (χ1) is 10.3. The third-order valence-electron chi connectivity index (χ3n) is 3.55. The van der Waals surface area contributed by atoms with Gasteiger partial charge in [-0.05, 0) is 18.6 Å². The Bertz CT molecular complexity index is 654. The number of benzene rings is 1. The van der Waals surface area contributed by atoms with Crippen LogP contribution in [0.5, 0.6) is 0 Å². The molecule has 2 atom stereocenters. The molecule has 0 radical (unpaired) electrons. The van der Waals surface area contributed by atoms with Gasteiger partial charge in [0.2, 0.25) is 15.9 Å². The SMILES string of the molecule is CC(NS(C)(=O)=O)C(=O)N1CCNCC1c1ccccc1Cl.Cl. The Morgan fingerprint density at radius 3 is 2.70 bits per heavy atom. The van der Waals surface area contributed by atoms with Crippen LogP contribution in [0.3, 0.4) is 0 Å². The van der Waals surface area contributed by atoms with E-state index in [-0.39, 0.29) is 24.4 Å². The summed E-state index contributed by atoms with van der Waals surface area (Å²) in [5.74, 6) is -0.253. The standard InChI is InChI=1S/C14H20ClN3O3S.ClH/c1-10(17-22(2,20)21)14(19)18-8-7-16-9-13(18)11-5-3-4-6-12(11)15;/h3-6,10,13,16-17H,7-9H2,1-2H3;1H. The smallest absolute Gasteiger partial charge is 0.241 e. The third kappa shape index (κ3) is 5.32. The molecule has 0 aliphatic carbocycles. The number of amides is 1. The summed E-state index contributed by atoms with van der Waals surface area (Å²) in [5, 5.41) is 3.84. The minimum atomic E-state index is -3.44. The molecule has 0 saturated carbocycles. The number of carbonyl (C=O) groups excluding carboxylic acids is 1. The van der Waals surface area contributed by atoms with Crippen molar-refractivity contribution in [3.8, 4) is 0 Å². The summed E-state index contributed by atoms with van der Waals surface area (Å²) in [5.41, 5.74) is 0.858. The molecule has 2 N–H and O–H groups in total. The summed E-state index contributed by atoms with van der Waals surface area (Å²) in [4.78, 5) is 14.3. The van der Waals surface area contributed by atoms with Gasteiger partial charge in [-0.25, -0.2) is 13.1 Å². The first kappa shape index (κ1) is 20.2. The second kappa shape index (κ2) is 8.30. The first-order valence-corrected chi connectivity index (χ1v) is 9.29. The zero-order valence-electron chi connectivity index (χ0n) is 13.0. The van der Waals surface area contributed by atoms with Crippen LogP contribution in [-0.4, -0.2) is 51.2 Å². The fourth-order valence-electron chi connectivity index (χ4n) is 2.61. The number of halogens is 2. The molecule has 2 unspecified atom stereocenters. The van der Waals surface area contributed by atoms with Gasteiger partial charge in [0, 0.05) is 24.7 Å². The van der Waals surface area contributed by atoms with Crippen LogP contribution < -0.4 is 10.0 Å². The van der Waals surface area contributed by atoms with Gasteiger partial charge < -0.3 is 10.2 Å². The van der Waals surface area contributed by atoms with Gasteiger partial charge in [0.05, 0.1) is 18.3 Å². The average Bonchev–Trinajstić information content (AvgIpc) is 2.45. The van der Waals surface area contributed by atoms with Crippen LogP contribution in [0, 0.1) is 0 Å².